The smallest absolute Gasteiger partial charge is 0.152 e. The van der Waals surface area contributed by atoms with E-state index in [1.807, 2.05) is 0 Å². The number of aryl methyl sites for hydroxylation is 1. The molecule has 8 nitrogen and oxygen atoms in total. The van der Waals surface area contributed by atoms with Crippen LogP contribution in [0, 0.1) is 5.82 Å². The lowest BCUT2D eigenvalue weighted by Crippen LogP contribution is -2.29. The second-order valence-corrected chi connectivity index (χ2v) is 8.26. The Labute approximate surface area is 187 Å². The van der Waals surface area contributed by atoms with Gasteiger partial charge in [0, 0.05) is 11.6 Å². The number of hydrogen-bond donors (Lipinski definition) is 4. The zero-order valence-electron chi connectivity index (χ0n) is 16.8. The van der Waals surface area contributed by atoms with E-state index in [1.54, 1.807) is 41.1 Å². The van der Waals surface area contributed by atoms with Gasteiger partial charge in [-0.1, -0.05) is 29.8 Å². The van der Waals surface area contributed by atoms with Crippen molar-refractivity contribution in [3.05, 3.63) is 64.8 Å². The average Bonchev–Trinajstić information content (AvgIpc) is 3.32. The molecule has 2 unspecified atom stereocenters. The minimum Gasteiger partial charge on any atom is -0.388 e. The Bertz CT molecular complexity index is 1390. The van der Waals surface area contributed by atoms with Gasteiger partial charge in [0.1, 0.15) is 41.3 Å². The van der Waals surface area contributed by atoms with Crippen molar-refractivity contribution in [1.82, 2.24) is 19.5 Å². The van der Waals surface area contributed by atoms with Gasteiger partial charge < -0.3 is 26.2 Å². The second-order valence-electron chi connectivity index (χ2n) is 7.85. The van der Waals surface area contributed by atoms with Crippen molar-refractivity contribution in [2.75, 3.05) is 11.5 Å². The van der Waals surface area contributed by atoms with Crippen LogP contribution in [0.2, 0.25) is 5.02 Å². The Hall–Kier alpha value is -3.27. The average molecular weight is 455 g/mol. The van der Waals surface area contributed by atoms with E-state index in [0.717, 1.165) is 0 Å². The maximum Gasteiger partial charge on any atom is 0.152 e. The molecule has 1 aliphatic carbocycles. The summed E-state index contributed by atoms with van der Waals surface area (Å²) >= 11 is 5.97. The lowest BCUT2D eigenvalue weighted by molar-refractivity contribution is 0.0317. The van der Waals surface area contributed by atoms with E-state index >= 15 is 4.39 Å². The number of aliphatic hydroxyl groups excluding tert-OH is 2. The highest BCUT2D eigenvalue weighted by Gasteiger charge is 2.36. The Morgan fingerprint density at radius 2 is 1.91 bits per heavy atom. The lowest BCUT2D eigenvalue weighted by Gasteiger charge is -2.19. The topological polar surface area (TPSA) is 136 Å². The minimum absolute atomic E-state index is 0.0681. The molecule has 3 aromatic heterocycles. The molecule has 6 N–H and O–H groups in total. The summed E-state index contributed by atoms with van der Waals surface area (Å²) in [5.41, 5.74) is 13.4. The highest BCUT2D eigenvalue weighted by atomic mass is 35.5. The van der Waals surface area contributed by atoms with Crippen LogP contribution in [0.1, 0.15) is 18.0 Å². The van der Waals surface area contributed by atoms with Crippen molar-refractivity contribution in [2.45, 2.75) is 31.1 Å². The molecule has 32 heavy (non-hydrogen) atoms. The Kier molecular flexibility index (Phi) is 4.96. The first-order chi connectivity index (χ1) is 15.3. The first kappa shape index (κ1) is 20.6. The van der Waals surface area contributed by atoms with Crippen molar-refractivity contribution in [1.29, 1.82) is 0 Å². The van der Waals surface area contributed by atoms with Gasteiger partial charge in [-0.05, 0) is 36.1 Å². The molecule has 10 heteroatoms. The van der Waals surface area contributed by atoms with Gasteiger partial charge in [-0.25, -0.2) is 19.3 Å². The van der Waals surface area contributed by atoms with Crippen LogP contribution in [0.3, 0.4) is 0 Å². The van der Waals surface area contributed by atoms with Crippen LogP contribution >= 0.6 is 11.6 Å². The zero-order valence-corrected chi connectivity index (χ0v) is 17.5. The fourth-order valence-corrected chi connectivity index (χ4v) is 4.40. The third kappa shape index (κ3) is 3.26. The van der Waals surface area contributed by atoms with Crippen LogP contribution in [0.4, 0.5) is 16.0 Å². The van der Waals surface area contributed by atoms with E-state index in [9.17, 15) is 10.2 Å². The van der Waals surface area contributed by atoms with E-state index in [4.69, 9.17) is 23.1 Å². The van der Waals surface area contributed by atoms with Gasteiger partial charge in [0.2, 0.25) is 0 Å². The number of benzene rings is 1. The quantitative estimate of drug-likeness (QED) is 0.348. The largest absolute Gasteiger partial charge is 0.388 e. The molecule has 0 amide bonds. The third-order valence-corrected chi connectivity index (χ3v) is 6.27. The van der Waals surface area contributed by atoms with Gasteiger partial charge in [-0.15, -0.1) is 0 Å². The van der Waals surface area contributed by atoms with Gasteiger partial charge in [0.25, 0.3) is 0 Å². The van der Waals surface area contributed by atoms with E-state index < -0.39 is 24.1 Å². The molecule has 1 aromatic carbocycles. The number of nitrogens with two attached hydrogens (primary N) is 2. The summed E-state index contributed by atoms with van der Waals surface area (Å²) in [7, 11) is 0. The van der Waals surface area contributed by atoms with E-state index in [1.165, 1.54) is 6.33 Å². The summed E-state index contributed by atoms with van der Waals surface area (Å²) < 4.78 is 16.8. The van der Waals surface area contributed by atoms with Crippen molar-refractivity contribution < 1.29 is 14.6 Å². The monoisotopic (exact) mass is 454 g/mol. The van der Waals surface area contributed by atoms with Crippen LogP contribution in [0.15, 0.2) is 48.4 Å². The normalized spacial score (nSPS) is 20.9. The predicted molar refractivity (Wildman–Crippen MR) is 121 cm³/mol. The van der Waals surface area contributed by atoms with E-state index in [2.05, 4.69) is 15.0 Å². The third-order valence-electron chi connectivity index (χ3n) is 5.97. The SMILES string of the molecule is Nc1nc2c(F)c(CCC3=CC(n4ccc5c(N)ncnc54)[C@@H](O)C3O)ccc2cc1Cl. The molecule has 4 aromatic rings. The highest BCUT2D eigenvalue weighted by Crippen LogP contribution is 2.35. The Morgan fingerprint density at radius 3 is 2.72 bits per heavy atom. The van der Waals surface area contributed by atoms with Crippen LogP contribution in [-0.2, 0) is 6.42 Å². The van der Waals surface area contributed by atoms with Crippen LogP contribution < -0.4 is 11.5 Å². The number of anilines is 2. The summed E-state index contributed by atoms with van der Waals surface area (Å²) in [6, 6.07) is 6.22. The first-order valence-corrected chi connectivity index (χ1v) is 10.4. The van der Waals surface area contributed by atoms with Gasteiger partial charge >= 0.3 is 0 Å². The molecule has 164 valence electrons. The summed E-state index contributed by atoms with van der Waals surface area (Å²) in [6.07, 6.45) is 3.43. The maximum absolute atomic E-state index is 15.0. The number of aliphatic hydroxyl groups is 2. The molecule has 0 saturated carbocycles. The summed E-state index contributed by atoms with van der Waals surface area (Å²) in [6.45, 7) is 0. The first-order valence-electron chi connectivity index (χ1n) is 10.0. The summed E-state index contributed by atoms with van der Waals surface area (Å²) in [4.78, 5) is 12.3. The molecule has 3 atom stereocenters. The molecule has 0 spiro atoms. The van der Waals surface area contributed by atoms with Crippen molar-refractivity contribution >= 4 is 45.2 Å². The number of nitrogen functional groups attached to an aromatic ring is 2. The number of rotatable bonds is 4. The summed E-state index contributed by atoms with van der Waals surface area (Å²) in [5, 5.41) is 22.8. The molecule has 0 aliphatic heterocycles. The fraction of sp³-hybridized carbons (Fsp3) is 0.227. The minimum atomic E-state index is -1.08. The molecule has 3 heterocycles. The molecule has 0 radical (unpaired) electrons. The molecule has 0 saturated heterocycles. The standard InChI is InChI=1S/C22H20ClFN6O2/c23-14-7-11-3-1-10(16(24)17(11)29-21(14)26)2-4-12-8-15(19(32)18(12)31)30-6-5-13-20(25)27-9-28-22(13)30/h1,3,5-9,15,18-19,31-32H,2,4H2,(H2,26,29)(H2,25,27,28)/t15?,18?,19-/m1/s1. The van der Waals surface area contributed by atoms with Crippen LogP contribution in [0.25, 0.3) is 21.9 Å². The van der Waals surface area contributed by atoms with E-state index in [-0.39, 0.29) is 16.4 Å². The Morgan fingerprint density at radius 1 is 1.09 bits per heavy atom. The molecule has 0 fully saturated rings. The number of pyridine rings is 1. The number of aromatic nitrogens is 4. The number of nitrogens with zero attached hydrogens (tertiary/aromatic N) is 4. The zero-order chi connectivity index (χ0) is 22.6. The molecular weight excluding hydrogens is 435 g/mol. The van der Waals surface area contributed by atoms with Crippen LogP contribution in [-0.4, -0.2) is 41.9 Å². The number of fused-ring (bicyclic) bond motifs is 2. The van der Waals surface area contributed by atoms with Gasteiger partial charge in [-0.2, -0.15) is 0 Å². The van der Waals surface area contributed by atoms with Crippen LogP contribution in [0.5, 0.6) is 0 Å². The van der Waals surface area contributed by atoms with Gasteiger partial charge in [0.05, 0.1) is 16.5 Å². The molecular formula is C22H20ClFN6O2. The molecule has 5 rings (SSSR count). The molecule has 0 bridgehead atoms. The van der Waals surface area contributed by atoms with Gasteiger partial charge in [0.15, 0.2) is 5.82 Å². The van der Waals surface area contributed by atoms with E-state index in [0.29, 0.717) is 46.2 Å². The maximum atomic E-state index is 15.0. The predicted octanol–water partition coefficient (Wildman–Crippen LogP) is 2.77. The summed E-state index contributed by atoms with van der Waals surface area (Å²) in [5.74, 6) is -0.0635. The lowest BCUT2D eigenvalue weighted by atomic mass is 10.0. The highest BCUT2D eigenvalue weighted by molar-refractivity contribution is 6.33. The van der Waals surface area contributed by atoms with Crippen molar-refractivity contribution in [2.24, 2.45) is 0 Å². The van der Waals surface area contributed by atoms with Crippen molar-refractivity contribution in [3.63, 3.8) is 0 Å². The number of halogens is 2. The Balaban J connectivity index is 1.42. The molecule has 1 aliphatic rings. The fourth-order valence-electron chi connectivity index (χ4n) is 4.24. The second kappa shape index (κ2) is 7.70. The number of hydrogen-bond acceptors (Lipinski definition) is 7. The van der Waals surface area contributed by atoms with Gasteiger partial charge in [-0.3, -0.25) is 0 Å². The van der Waals surface area contributed by atoms with Crippen molar-refractivity contribution in [3.8, 4) is 0 Å².